The molecule has 0 saturated carbocycles. The van der Waals surface area contributed by atoms with Crippen LogP contribution in [0.25, 0.3) is 0 Å². The van der Waals surface area contributed by atoms with Crippen LogP contribution in [-0.4, -0.2) is 25.5 Å². The maximum atomic E-state index is 13.5. The smallest absolute Gasteiger partial charge is 0.279 e. The average molecular weight is 496 g/mol. The number of anilines is 1. The van der Waals surface area contributed by atoms with Gasteiger partial charge in [-0.05, 0) is 54.4 Å². The maximum absolute atomic E-state index is 13.5. The molecule has 1 N–H and O–H groups in total. The van der Waals surface area contributed by atoms with Gasteiger partial charge < -0.3 is 9.67 Å². The van der Waals surface area contributed by atoms with E-state index in [0.29, 0.717) is 37.5 Å². The summed E-state index contributed by atoms with van der Waals surface area (Å²) in [5, 5.41) is 11.4. The highest BCUT2D eigenvalue weighted by molar-refractivity contribution is 9.10. The van der Waals surface area contributed by atoms with Gasteiger partial charge in [0.25, 0.3) is 5.91 Å². The van der Waals surface area contributed by atoms with Gasteiger partial charge in [-0.2, -0.15) is 0 Å². The molecule has 0 spiro atoms. The molecule has 0 fully saturated rings. The van der Waals surface area contributed by atoms with E-state index in [2.05, 4.69) is 25.9 Å². The second-order valence-electron chi connectivity index (χ2n) is 7.14. The van der Waals surface area contributed by atoms with Gasteiger partial charge in [0.2, 0.25) is 0 Å². The summed E-state index contributed by atoms with van der Waals surface area (Å²) in [7, 11) is 0. The van der Waals surface area contributed by atoms with Crippen LogP contribution in [0.15, 0.2) is 35.2 Å². The number of hydrogen-bond donors (Lipinski definition) is 1. The van der Waals surface area contributed by atoms with Crippen LogP contribution in [0.5, 0.6) is 5.75 Å². The third-order valence-electron chi connectivity index (χ3n) is 4.91. The molecule has 9 heteroatoms. The molecule has 4 rings (SSSR count). The highest BCUT2D eigenvalue weighted by atomic mass is 79.9. The molecule has 6 nitrogen and oxygen atoms in total. The number of rotatable bonds is 3. The number of imidazole rings is 1. The predicted octanol–water partition coefficient (Wildman–Crippen LogP) is 5.69. The predicted molar refractivity (Wildman–Crippen MR) is 116 cm³/mol. The Hall–Kier alpha value is -2.09. The standard InChI is InChI=1S/C20H17BrCl2N4O2/c1-9(2)26-18-16(25-20(26)21)19(29)27(13-6-11(22)5-4-10(13)3)17(18)15-14(28)7-12(23)8-24-15/h4-9,17,28H,1-3H3. The molecule has 1 aromatic carbocycles. The lowest BCUT2D eigenvalue weighted by Crippen LogP contribution is -2.31. The van der Waals surface area contributed by atoms with Gasteiger partial charge in [-0.25, -0.2) is 4.98 Å². The third kappa shape index (κ3) is 3.21. The first kappa shape index (κ1) is 20.2. The van der Waals surface area contributed by atoms with E-state index in [1.165, 1.54) is 12.3 Å². The van der Waals surface area contributed by atoms with Gasteiger partial charge in [0.1, 0.15) is 17.5 Å². The number of carbonyl (C=O) groups is 1. The molecular formula is C20H17BrCl2N4O2. The van der Waals surface area contributed by atoms with Crippen molar-refractivity contribution in [2.75, 3.05) is 4.90 Å². The Morgan fingerprint density at radius 1 is 1.21 bits per heavy atom. The van der Waals surface area contributed by atoms with Crippen molar-refractivity contribution in [3.05, 3.63) is 67.9 Å². The summed E-state index contributed by atoms with van der Waals surface area (Å²) in [6.07, 6.45) is 1.45. The number of benzene rings is 1. The lowest BCUT2D eigenvalue weighted by molar-refractivity contribution is 0.0988. The maximum Gasteiger partial charge on any atom is 0.279 e. The van der Waals surface area contributed by atoms with Gasteiger partial charge in [0.15, 0.2) is 10.4 Å². The van der Waals surface area contributed by atoms with E-state index < -0.39 is 6.04 Å². The monoisotopic (exact) mass is 494 g/mol. The van der Waals surface area contributed by atoms with Crippen LogP contribution in [0.3, 0.4) is 0 Å². The van der Waals surface area contributed by atoms with Crippen molar-refractivity contribution >= 4 is 50.7 Å². The molecule has 1 aliphatic rings. The van der Waals surface area contributed by atoms with Crippen molar-refractivity contribution in [2.24, 2.45) is 0 Å². The van der Waals surface area contributed by atoms with E-state index in [-0.39, 0.29) is 17.7 Å². The highest BCUT2D eigenvalue weighted by Gasteiger charge is 2.46. The second kappa shape index (κ2) is 7.31. The number of fused-ring (bicyclic) bond motifs is 1. The second-order valence-corrected chi connectivity index (χ2v) is 8.73. The number of carbonyl (C=O) groups excluding carboxylic acids is 1. The topological polar surface area (TPSA) is 71.2 Å². The molecule has 2 aromatic heterocycles. The van der Waals surface area contributed by atoms with Gasteiger partial charge >= 0.3 is 0 Å². The molecule has 0 saturated heterocycles. The Bertz CT molecular complexity index is 1150. The first-order chi connectivity index (χ1) is 13.7. The molecule has 1 unspecified atom stereocenters. The van der Waals surface area contributed by atoms with Crippen molar-refractivity contribution in [1.82, 2.24) is 14.5 Å². The molecule has 3 heterocycles. The molecule has 0 bridgehead atoms. The van der Waals surface area contributed by atoms with Crippen LogP contribution in [0.4, 0.5) is 5.69 Å². The van der Waals surface area contributed by atoms with E-state index in [4.69, 9.17) is 23.2 Å². The van der Waals surface area contributed by atoms with E-state index in [9.17, 15) is 9.90 Å². The van der Waals surface area contributed by atoms with Crippen LogP contribution in [0.2, 0.25) is 10.0 Å². The summed E-state index contributed by atoms with van der Waals surface area (Å²) in [4.78, 5) is 23.9. The number of hydrogen-bond acceptors (Lipinski definition) is 4. The Balaban J connectivity index is 2.03. The molecule has 150 valence electrons. The number of aromatic nitrogens is 3. The van der Waals surface area contributed by atoms with Gasteiger partial charge in [-0.3, -0.25) is 14.7 Å². The van der Waals surface area contributed by atoms with E-state index >= 15 is 0 Å². The quantitative estimate of drug-likeness (QED) is 0.506. The van der Waals surface area contributed by atoms with Gasteiger partial charge in [-0.15, -0.1) is 0 Å². The first-order valence-corrected chi connectivity index (χ1v) is 10.5. The zero-order valence-corrected chi connectivity index (χ0v) is 18.9. The summed E-state index contributed by atoms with van der Waals surface area (Å²) in [5.41, 5.74) is 2.78. The van der Waals surface area contributed by atoms with Crippen LogP contribution in [0.1, 0.15) is 53.4 Å². The van der Waals surface area contributed by atoms with Crippen molar-refractivity contribution in [3.63, 3.8) is 0 Å². The van der Waals surface area contributed by atoms with Crippen molar-refractivity contribution in [1.29, 1.82) is 0 Å². The molecule has 1 aliphatic heterocycles. The molecular weight excluding hydrogens is 479 g/mol. The molecule has 1 amide bonds. The van der Waals surface area contributed by atoms with Crippen LogP contribution < -0.4 is 4.90 Å². The van der Waals surface area contributed by atoms with E-state index in [0.717, 1.165) is 5.56 Å². The highest BCUT2D eigenvalue weighted by Crippen LogP contribution is 2.46. The van der Waals surface area contributed by atoms with Crippen LogP contribution in [0, 0.1) is 6.92 Å². The fourth-order valence-electron chi connectivity index (χ4n) is 3.67. The Morgan fingerprint density at radius 2 is 1.93 bits per heavy atom. The summed E-state index contributed by atoms with van der Waals surface area (Å²) in [6, 6.07) is 6.10. The summed E-state index contributed by atoms with van der Waals surface area (Å²) in [5.74, 6) is -0.382. The SMILES string of the molecule is Cc1ccc(Cl)cc1N1C(=O)c2nc(Br)n(C(C)C)c2C1c1ncc(Cl)cc1O. The van der Waals surface area contributed by atoms with Crippen molar-refractivity contribution < 1.29 is 9.90 Å². The minimum absolute atomic E-state index is 0.0192. The number of halogens is 3. The van der Waals surface area contributed by atoms with Crippen LogP contribution in [-0.2, 0) is 0 Å². The minimum atomic E-state index is -0.687. The molecule has 0 radical (unpaired) electrons. The Kier molecular flexibility index (Phi) is 5.09. The van der Waals surface area contributed by atoms with E-state index in [1.54, 1.807) is 17.0 Å². The van der Waals surface area contributed by atoms with Crippen molar-refractivity contribution in [2.45, 2.75) is 32.9 Å². The largest absolute Gasteiger partial charge is 0.506 e. The van der Waals surface area contributed by atoms with Gasteiger partial charge in [-0.1, -0.05) is 29.3 Å². The molecule has 1 atom stereocenters. The van der Waals surface area contributed by atoms with Gasteiger partial charge in [0, 0.05) is 29.0 Å². The summed E-state index contributed by atoms with van der Waals surface area (Å²) in [6.45, 7) is 5.89. The number of amides is 1. The normalized spacial score (nSPS) is 16.0. The third-order valence-corrected chi connectivity index (χ3v) is 5.91. The average Bonchev–Trinajstić information content (AvgIpc) is 3.11. The molecule has 3 aromatic rings. The Morgan fingerprint density at radius 3 is 2.59 bits per heavy atom. The lowest BCUT2D eigenvalue weighted by Gasteiger charge is -2.28. The zero-order valence-electron chi connectivity index (χ0n) is 15.8. The minimum Gasteiger partial charge on any atom is -0.506 e. The number of aromatic hydroxyl groups is 1. The number of nitrogens with zero attached hydrogens (tertiary/aromatic N) is 4. The fraction of sp³-hybridized carbons (Fsp3) is 0.250. The Labute approximate surface area is 186 Å². The van der Waals surface area contributed by atoms with Gasteiger partial charge in [0.05, 0.1) is 10.7 Å². The molecule has 29 heavy (non-hydrogen) atoms. The fourth-order valence-corrected chi connectivity index (χ4v) is 4.77. The summed E-state index contributed by atoms with van der Waals surface area (Å²) >= 11 is 15.7. The van der Waals surface area contributed by atoms with E-state index in [1.807, 2.05) is 31.4 Å². The number of aryl methyl sites for hydroxylation is 1. The van der Waals surface area contributed by atoms with Crippen LogP contribution >= 0.6 is 39.1 Å². The molecule has 0 aliphatic carbocycles. The lowest BCUT2D eigenvalue weighted by atomic mass is 10.1. The number of pyridine rings is 1. The summed E-state index contributed by atoms with van der Waals surface area (Å²) < 4.78 is 2.47. The zero-order chi connectivity index (χ0) is 21.0. The van der Waals surface area contributed by atoms with Crippen molar-refractivity contribution in [3.8, 4) is 5.75 Å². The first-order valence-electron chi connectivity index (χ1n) is 8.92.